The Balaban J connectivity index is 1.82. The normalized spacial score (nSPS) is 11.8. The average Bonchev–Trinajstić information content (AvgIpc) is 2.67. The van der Waals surface area contributed by atoms with E-state index in [1.807, 2.05) is 0 Å². The first-order valence-electron chi connectivity index (χ1n) is 9.33. The third kappa shape index (κ3) is 4.83. The summed E-state index contributed by atoms with van der Waals surface area (Å²) in [5.74, 6) is 0. The minimum Gasteiger partial charge on any atom is -0.0769 e. The predicted octanol–water partition coefficient (Wildman–Crippen LogP) is 7.09. The van der Waals surface area contributed by atoms with Crippen molar-refractivity contribution in [1.82, 2.24) is 0 Å². The second-order valence-electron chi connectivity index (χ2n) is 6.62. The van der Waals surface area contributed by atoms with Crippen molar-refractivity contribution in [2.45, 2.75) is 26.7 Å². The molecule has 130 valence electrons. The maximum atomic E-state index is 2.30. The third-order valence-electron chi connectivity index (χ3n) is 4.54. The van der Waals surface area contributed by atoms with Gasteiger partial charge in [-0.15, -0.1) is 0 Å². The fourth-order valence-corrected chi connectivity index (χ4v) is 3.21. The van der Waals surface area contributed by atoms with E-state index in [0.717, 1.165) is 12.8 Å². The molecule has 0 nitrogen and oxygen atoms in total. The fraction of sp³-hybridized carbons (Fsp3) is 0.154. The lowest BCUT2D eigenvalue weighted by atomic mass is 9.98. The summed E-state index contributed by atoms with van der Waals surface area (Å²) in [5.41, 5.74) is 7.85. The highest BCUT2D eigenvalue weighted by atomic mass is 14.1. The van der Waals surface area contributed by atoms with E-state index in [9.17, 15) is 0 Å². The van der Waals surface area contributed by atoms with Crippen LogP contribution >= 0.6 is 0 Å². The van der Waals surface area contributed by atoms with Crippen LogP contribution in [0.25, 0.3) is 11.6 Å². The Labute approximate surface area is 157 Å². The van der Waals surface area contributed by atoms with Gasteiger partial charge in [-0.2, -0.15) is 0 Å². The Morgan fingerprint density at radius 1 is 0.808 bits per heavy atom. The lowest BCUT2D eigenvalue weighted by Crippen LogP contribution is -1.88. The van der Waals surface area contributed by atoms with E-state index in [2.05, 4.69) is 111 Å². The van der Waals surface area contributed by atoms with Crippen LogP contribution in [0, 0.1) is 6.92 Å². The second kappa shape index (κ2) is 9.01. The summed E-state index contributed by atoms with van der Waals surface area (Å²) in [4.78, 5) is 0. The van der Waals surface area contributed by atoms with Gasteiger partial charge in [-0.05, 0) is 53.2 Å². The summed E-state index contributed by atoms with van der Waals surface area (Å²) in [7, 11) is 0. The molecule has 3 aromatic carbocycles. The molecule has 0 aliphatic heterocycles. The van der Waals surface area contributed by atoms with Crippen LogP contribution in [-0.2, 0) is 6.42 Å². The van der Waals surface area contributed by atoms with Crippen molar-refractivity contribution >= 4 is 11.6 Å². The molecule has 3 aromatic rings. The minimum absolute atomic E-state index is 0.970. The SMILES string of the molecule is CC/C=C(/C=C/c1cccc(Cc2ccccc2)c1)c1ccccc1C. The molecule has 3 rings (SSSR count). The minimum atomic E-state index is 0.970. The highest BCUT2D eigenvalue weighted by molar-refractivity contribution is 5.80. The van der Waals surface area contributed by atoms with Crippen molar-refractivity contribution in [1.29, 1.82) is 0 Å². The van der Waals surface area contributed by atoms with E-state index in [1.54, 1.807) is 0 Å². The zero-order valence-corrected chi connectivity index (χ0v) is 15.7. The van der Waals surface area contributed by atoms with E-state index in [4.69, 9.17) is 0 Å². The summed E-state index contributed by atoms with van der Waals surface area (Å²) < 4.78 is 0. The van der Waals surface area contributed by atoms with E-state index < -0.39 is 0 Å². The molecule has 0 saturated carbocycles. The zero-order valence-electron chi connectivity index (χ0n) is 15.7. The van der Waals surface area contributed by atoms with Crippen molar-refractivity contribution in [3.8, 4) is 0 Å². The first kappa shape index (κ1) is 17.9. The van der Waals surface area contributed by atoms with Crippen LogP contribution in [0.1, 0.15) is 41.2 Å². The predicted molar refractivity (Wildman–Crippen MR) is 114 cm³/mol. The first-order valence-corrected chi connectivity index (χ1v) is 9.33. The van der Waals surface area contributed by atoms with Crippen molar-refractivity contribution < 1.29 is 0 Å². The van der Waals surface area contributed by atoms with Crippen LogP contribution in [0.5, 0.6) is 0 Å². The summed E-state index contributed by atoms with van der Waals surface area (Å²) in [6.45, 7) is 4.36. The first-order chi connectivity index (χ1) is 12.8. The van der Waals surface area contributed by atoms with Gasteiger partial charge in [-0.3, -0.25) is 0 Å². The summed E-state index contributed by atoms with van der Waals surface area (Å²) >= 11 is 0. The Hall–Kier alpha value is -2.86. The lowest BCUT2D eigenvalue weighted by Gasteiger charge is -2.07. The zero-order chi connectivity index (χ0) is 18.2. The second-order valence-corrected chi connectivity index (χ2v) is 6.62. The highest BCUT2D eigenvalue weighted by Crippen LogP contribution is 2.22. The molecule has 26 heavy (non-hydrogen) atoms. The van der Waals surface area contributed by atoms with Crippen LogP contribution in [0.4, 0.5) is 0 Å². The largest absolute Gasteiger partial charge is 0.0769 e. The van der Waals surface area contributed by atoms with Crippen molar-refractivity contribution in [2.24, 2.45) is 0 Å². The van der Waals surface area contributed by atoms with Crippen LogP contribution in [0.2, 0.25) is 0 Å². The number of hydrogen-bond acceptors (Lipinski definition) is 0. The molecule has 0 atom stereocenters. The van der Waals surface area contributed by atoms with Gasteiger partial charge in [0.05, 0.1) is 0 Å². The number of allylic oxidation sites excluding steroid dienone is 3. The standard InChI is InChI=1S/C26H26/c1-3-10-25(26-16-8-7-11-21(26)2)18-17-23-14-9-15-24(20-23)19-22-12-5-4-6-13-22/h4-18,20H,3,19H2,1-2H3/b18-17+,25-10-. The topological polar surface area (TPSA) is 0 Å². The summed E-state index contributed by atoms with van der Waals surface area (Å²) in [5, 5.41) is 0. The fourth-order valence-electron chi connectivity index (χ4n) is 3.21. The maximum absolute atomic E-state index is 2.30. The van der Waals surface area contributed by atoms with Crippen molar-refractivity contribution in [3.05, 3.63) is 119 Å². The molecule has 0 bridgehead atoms. The molecule has 0 aromatic heterocycles. The summed E-state index contributed by atoms with van der Waals surface area (Å²) in [6, 6.07) is 28.0. The molecular weight excluding hydrogens is 312 g/mol. The number of aryl methyl sites for hydroxylation is 1. The molecule has 0 aliphatic rings. The molecule has 0 fully saturated rings. The van der Waals surface area contributed by atoms with Gasteiger partial charge in [-0.1, -0.05) is 104 Å². The van der Waals surface area contributed by atoms with E-state index in [1.165, 1.54) is 33.4 Å². The molecule has 0 spiro atoms. The van der Waals surface area contributed by atoms with E-state index in [-0.39, 0.29) is 0 Å². The Bertz CT molecular complexity index is 898. The van der Waals surface area contributed by atoms with Gasteiger partial charge < -0.3 is 0 Å². The van der Waals surface area contributed by atoms with E-state index in [0.29, 0.717) is 0 Å². The van der Waals surface area contributed by atoms with Crippen molar-refractivity contribution in [3.63, 3.8) is 0 Å². The highest BCUT2D eigenvalue weighted by Gasteiger charge is 2.01. The molecule has 0 unspecified atom stereocenters. The quantitative estimate of drug-likeness (QED) is 0.421. The van der Waals surface area contributed by atoms with Gasteiger partial charge >= 0.3 is 0 Å². The van der Waals surface area contributed by atoms with Gasteiger partial charge in [0.1, 0.15) is 0 Å². The Morgan fingerprint density at radius 2 is 1.54 bits per heavy atom. The molecular formula is C26H26. The van der Waals surface area contributed by atoms with Gasteiger partial charge in [0, 0.05) is 0 Å². The van der Waals surface area contributed by atoms with Crippen LogP contribution in [0.15, 0.2) is 91.0 Å². The third-order valence-corrected chi connectivity index (χ3v) is 4.54. The monoisotopic (exact) mass is 338 g/mol. The van der Waals surface area contributed by atoms with Gasteiger partial charge in [0.25, 0.3) is 0 Å². The molecule has 0 radical (unpaired) electrons. The van der Waals surface area contributed by atoms with E-state index >= 15 is 0 Å². The maximum Gasteiger partial charge on any atom is -0.00256 e. The Kier molecular flexibility index (Phi) is 6.22. The number of rotatable bonds is 6. The summed E-state index contributed by atoms with van der Waals surface area (Å²) in [6.07, 6.45) is 8.77. The molecule has 0 N–H and O–H groups in total. The number of hydrogen-bond donors (Lipinski definition) is 0. The molecule has 0 saturated heterocycles. The van der Waals surface area contributed by atoms with Crippen LogP contribution in [-0.4, -0.2) is 0 Å². The molecule has 0 heterocycles. The molecule has 0 heteroatoms. The smallest absolute Gasteiger partial charge is 0.00256 e. The molecule has 0 aliphatic carbocycles. The van der Waals surface area contributed by atoms with Gasteiger partial charge in [0.15, 0.2) is 0 Å². The molecule has 0 amide bonds. The van der Waals surface area contributed by atoms with Crippen molar-refractivity contribution in [2.75, 3.05) is 0 Å². The van der Waals surface area contributed by atoms with Gasteiger partial charge in [0.2, 0.25) is 0 Å². The Morgan fingerprint density at radius 3 is 2.31 bits per heavy atom. The lowest BCUT2D eigenvalue weighted by molar-refractivity contribution is 1.19. The number of benzene rings is 3. The van der Waals surface area contributed by atoms with Gasteiger partial charge in [-0.25, -0.2) is 0 Å². The van der Waals surface area contributed by atoms with Crippen LogP contribution in [0.3, 0.4) is 0 Å². The average molecular weight is 338 g/mol. The van der Waals surface area contributed by atoms with Crippen LogP contribution < -0.4 is 0 Å².